The third-order valence-corrected chi connectivity index (χ3v) is 11.5. The Kier molecular flexibility index (Phi) is 15.7. The molecule has 3 aromatic carbocycles. The summed E-state index contributed by atoms with van der Waals surface area (Å²) in [6, 6.07) is 17.6. The first-order valence-electron chi connectivity index (χ1n) is 16.7. The molecule has 2 aliphatic rings. The van der Waals surface area contributed by atoms with Crippen molar-refractivity contribution in [2.45, 2.75) is 49.6 Å². The Morgan fingerprint density at radius 1 is 0.946 bits per heavy atom. The van der Waals surface area contributed by atoms with Crippen LogP contribution in [0.2, 0.25) is 10.0 Å². The Labute approximate surface area is 374 Å². The van der Waals surface area contributed by atoms with Crippen LogP contribution in [0.5, 0.6) is 0 Å². The minimum atomic E-state index is -4.32. The first-order valence-corrected chi connectivity index (χ1v) is 19.2. The summed E-state index contributed by atoms with van der Waals surface area (Å²) in [5, 5.41) is 26.2. The van der Waals surface area contributed by atoms with Gasteiger partial charge in [0, 0.05) is 34.7 Å². The van der Waals surface area contributed by atoms with E-state index >= 15 is 0 Å². The van der Waals surface area contributed by atoms with Gasteiger partial charge in [0.05, 0.1) is 23.3 Å². The van der Waals surface area contributed by atoms with Crippen molar-refractivity contribution < 1.29 is 108 Å². The van der Waals surface area contributed by atoms with Gasteiger partial charge in [0.2, 0.25) is 5.91 Å². The van der Waals surface area contributed by atoms with E-state index in [2.05, 4.69) is 10.6 Å². The second kappa shape index (κ2) is 19.6. The molecule has 3 N–H and O–H groups in total. The SMILES string of the molecule is CC(=O)OCC1=C(C(=O)[O-])N2C(=O)[C@H](NC(=O)C(CCCNC(=O)OCc3ccc(Cl)cc3Cl)c3cccc(C(C(=O)O)c4ccccc4)c3)[C@@H]2S(=O)(=O)C1.[K+]. The molecule has 2 unspecified atom stereocenters. The number of carbonyl (C=O) groups excluding carboxylic acids is 5. The molecule has 0 bridgehead atoms. The number of rotatable bonds is 15. The van der Waals surface area contributed by atoms with Crippen LogP contribution in [-0.2, 0) is 49.9 Å². The zero-order valence-electron chi connectivity index (χ0n) is 30.0. The van der Waals surface area contributed by atoms with Crippen LogP contribution in [0, 0.1) is 0 Å². The predicted molar refractivity (Wildman–Crippen MR) is 194 cm³/mol. The van der Waals surface area contributed by atoms with Gasteiger partial charge in [0.25, 0.3) is 5.91 Å². The number of carbonyl (C=O) groups is 6. The Hall–Kier alpha value is -3.81. The van der Waals surface area contributed by atoms with Crippen molar-refractivity contribution in [3.63, 3.8) is 0 Å². The van der Waals surface area contributed by atoms with E-state index in [4.69, 9.17) is 32.7 Å². The van der Waals surface area contributed by atoms with Crippen LogP contribution in [0.1, 0.15) is 53.9 Å². The van der Waals surface area contributed by atoms with Crippen LogP contribution in [0.15, 0.2) is 84.1 Å². The molecule has 2 aliphatic heterocycles. The molecule has 3 amide bonds. The van der Waals surface area contributed by atoms with E-state index in [1.54, 1.807) is 60.7 Å². The van der Waals surface area contributed by atoms with Gasteiger partial charge in [-0.1, -0.05) is 83.9 Å². The van der Waals surface area contributed by atoms with E-state index in [9.17, 15) is 47.4 Å². The standard InChI is InChI=1S/C37H35Cl2N3O12S.K/c1-20(43)53-18-25-19-55(51,52)34-30(33(45)42(34)31(25)36(48)49)41-32(44)27(11-6-14-40-37(50)54-17-24-12-13-26(38)16-28(24)39)22-9-5-10-23(15-22)29(35(46)47)21-7-3-2-4-8-21;/h2-5,7-10,12-13,15-16,27,29-30,34H,6,11,14,17-19H2,1H3,(H,40,50)(H,41,44)(H,46,47)(H,48,49);/q;+1/p-1/t27?,29?,30-,34-;/m0./s1. The van der Waals surface area contributed by atoms with Crippen LogP contribution in [0.25, 0.3) is 0 Å². The average Bonchev–Trinajstić information content (AvgIpc) is 3.12. The summed E-state index contributed by atoms with van der Waals surface area (Å²) in [6.45, 7) is 0.190. The number of amides is 3. The van der Waals surface area contributed by atoms with Crippen LogP contribution in [0.4, 0.5) is 4.79 Å². The Morgan fingerprint density at radius 3 is 2.27 bits per heavy atom. The second-order valence-corrected chi connectivity index (χ2v) is 15.6. The number of carboxylic acid groups (broad SMARTS) is 2. The predicted octanol–water partition coefficient (Wildman–Crippen LogP) is -0.347. The number of hydrogen-bond acceptors (Lipinski definition) is 11. The van der Waals surface area contributed by atoms with Gasteiger partial charge >= 0.3 is 69.4 Å². The Balaban J connectivity index is 0.00000696. The molecule has 19 heteroatoms. The number of benzene rings is 3. The molecule has 0 aromatic heterocycles. The topological polar surface area (TPSA) is 226 Å². The third-order valence-electron chi connectivity index (χ3n) is 8.96. The number of β-lactam (4-membered cyclic amide) rings is 1. The third kappa shape index (κ3) is 10.6. The van der Waals surface area contributed by atoms with Crippen molar-refractivity contribution in [1.29, 1.82) is 0 Å². The summed E-state index contributed by atoms with van der Waals surface area (Å²) >= 11 is 12.0. The smallest absolute Gasteiger partial charge is 0.543 e. The van der Waals surface area contributed by atoms with Gasteiger partial charge in [-0.25, -0.2) is 13.2 Å². The van der Waals surface area contributed by atoms with E-state index in [-0.39, 0.29) is 83.0 Å². The largest absolute Gasteiger partial charge is 1.00 e. The maximum absolute atomic E-state index is 14.0. The fraction of sp³-hybridized carbons (Fsp3) is 0.297. The minimum Gasteiger partial charge on any atom is -0.543 e. The molecule has 2 heterocycles. The van der Waals surface area contributed by atoms with Gasteiger partial charge < -0.3 is 35.1 Å². The van der Waals surface area contributed by atoms with Crippen molar-refractivity contribution in [2.24, 2.45) is 0 Å². The molecular weight excluding hydrogens is 820 g/mol. The maximum Gasteiger partial charge on any atom is 1.00 e. The first-order chi connectivity index (χ1) is 26.1. The molecule has 1 saturated heterocycles. The first kappa shape index (κ1) is 44.9. The number of nitrogens with one attached hydrogen (secondary N) is 2. The summed E-state index contributed by atoms with van der Waals surface area (Å²) in [5.74, 6) is -8.80. The normalized spacial score (nSPS) is 17.9. The van der Waals surface area contributed by atoms with Gasteiger partial charge in [0.15, 0.2) is 15.2 Å². The number of halogens is 2. The fourth-order valence-corrected chi connectivity index (χ4v) is 8.89. The molecule has 56 heavy (non-hydrogen) atoms. The van der Waals surface area contributed by atoms with E-state index in [1.165, 1.54) is 12.1 Å². The molecule has 290 valence electrons. The second-order valence-electron chi connectivity index (χ2n) is 12.7. The van der Waals surface area contributed by atoms with Gasteiger partial charge in [-0.05, 0) is 41.7 Å². The van der Waals surface area contributed by atoms with Crippen molar-refractivity contribution in [3.8, 4) is 0 Å². The number of fused-ring (bicyclic) bond motifs is 1. The van der Waals surface area contributed by atoms with E-state index in [1.807, 2.05) is 0 Å². The number of esters is 1. The number of carboxylic acids is 2. The van der Waals surface area contributed by atoms with Crippen LogP contribution in [0.3, 0.4) is 0 Å². The summed E-state index contributed by atoms with van der Waals surface area (Å²) in [4.78, 5) is 76.2. The molecule has 0 spiro atoms. The van der Waals surface area contributed by atoms with Crippen LogP contribution < -0.4 is 67.1 Å². The Bertz CT molecular complexity index is 2170. The molecule has 4 atom stereocenters. The average molecular weight is 855 g/mol. The molecular formula is C37H34Cl2KN3O12S. The number of alkyl carbamates (subject to hydrolysis) is 1. The minimum absolute atomic E-state index is 0. The summed E-state index contributed by atoms with van der Waals surface area (Å²) in [7, 11) is -4.32. The maximum atomic E-state index is 14.0. The zero-order chi connectivity index (χ0) is 40.0. The monoisotopic (exact) mass is 853 g/mol. The number of aliphatic carboxylic acids is 2. The molecule has 0 saturated carbocycles. The van der Waals surface area contributed by atoms with Gasteiger partial charge in [0.1, 0.15) is 25.2 Å². The van der Waals surface area contributed by atoms with Crippen LogP contribution >= 0.6 is 23.2 Å². The van der Waals surface area contributed by atoms with Crippen molar-refractivity contribution in [3.05, 3.63) is 116 Å². The Morgan fingerprint density at radius 2 is 1.62 bits per heavy atom. The number of ether oxygens (including phenoxy) is 2. The van der Waals surface area contributed by atoms with E-state index in [0.29, 0.717) is 37.2 Å². The van der Waals surface area contributed by atoms with E-state index in [0.717, 1.165) is 6.92 Å². The molecule has 0 aliphatic carbocycles. The van der Waals surface area contributed by atoms with Crippen molar-refractivity contribution in [1.82, 2.24) is 15.5 Å². The van der Waals surface area contributed by atoms with Crippen molar-refractivity contribution >= 4 is 68.9 Å². The van der Waals surface area contributed by atoms with Crippen molar-refractivity contribution in [2.75, 3.05) is 18.9 Å². The quantitative estimate of drug-likeness (QED) is 0.0773. The molecule has 1 fully saturated rings. The summed E-state index contributed by atoms with van der Waals surface area (Å²) < 4.78 is 36.7. The van der Waals surface area contributed by atoms with Gasteiger partial charge in [-0.3, -0.25) is 24.1 Å². The number of hydrogen-bond donors (Lipinski definition) is 3. The molecule has 5 rings (SSSR count). The zero-order valence-corrected chi connectivity index (χ0v) is 35.5. The summed E-state index contributed by atoms with van der Waals surface area (Å²) in [5.41, 5.74) is 0.515. The van der Waals surface area contributed by atoms with E-state index < -0.39 is 87.0 Å². The molecule has 15 nitrogen and oxygen atoms in total. The van der Waals surface area contributed by atoms with Gasteiger partial charge in [-0.2, -0.15) is 0 Å². The molecule has 0 radical (unpaired) electrons. The number of nitrogens with zero attached hydrogens (tertiary/aromatic N) is 1. The number of sulfone groups is 1. The fourth-order valence-electron chi connectivity index (χ4n) is 6.42. The van der Waals surface area contributed by atoms with Crippen LogP contribution in [-0.4, -0.2) is 84.6 Å². The molecule has 3 aromatic rings. The van der Waals surface area contributed by atoms with Gasteiger partial charge in [-0.15, -0.1) is 0 Å². The summed E-state index contributed by atoms with van der Waals surface area (Å²) in [6.07, 6.45) is -0.613.